The zero-order chi connectivity index (χ0) is 12.3. The molecule has 0 spiro atoms. The molecule has 1 aromatic rings. The molecule has 5 heteroatoms. The maximum atomic E-state index is 11.5. The monoisotopic (exact) mass is 236 g/mol. The first kappa shape index (κ1) is 11.9. The van der Waals surface area contributed by atoms with Gasteiger partial charge in [-0.25, -0.2) is 0 Å². The third kappa shape index (κ3) is 2.57. The second-order valence-electron chi connectivity index (χ2n) is 3.94. The van der Waals surface area contributed by atoms with Crippen LogP contribution in [0.5, 0.6) is 5.75 Å². The van der Waals surface area contributed by atoms with E-state index in [1.165, 1.54) is 0 Å². The van der Waals surface area contributed by atoms with E-state index in [1.54, 1.807) is 11.9 Å². The van der Waals surface area contributed by atoms with E-state index in [4.69, 9.17) is 9.84 Å². The van der Waals surface area contributed by atoms with Gasteiger partial charge in [-0.15, -0.1) is 0 Å². The van der Waals surface area contributed by atoms with Crippen molar-refractivity contribution in [2.45, 2.75) is 6.54 Å². The lowest BCUT2D eigenvalue weighted by Gasteiger charge is -2.26. The van der Waals surface area contributed by atoms with Gasteiger partial charge in [0.25, 0.3) is 5.91 Å². The Morgan fingerprint density at radius 3 is 3.12 bits per heavy atom. The molecule has 92 valence electrons. The maximum absolute atomic E-state index is 11.5. The van der Waals surface area contributed by atoms with Crippen LogP contribution in [0.3, 0.4) is 0 Å². The van der Waals surface area contributed by atoms with E-state index < -0.39 is 0 Å². The number of hydrogen-bond donors (Lipinski definition) is 2. The Balaban J connectivity index is 2.14. The molecule has 1 aliphatic heterocycles. The SMILES string of the molecule is CN1C(=O)COc2ccc(CNCCO)cc21. The van der Waals surface area contributed by atoms with Crippen molar-refractivity contribution in [1.82, 2.24) is 5.32 Å². The molecule has 17 heavy (non-hydrogen) atoms. The lowest BCUT2D eigenvalue weighted by atomic mass is 10.1. The van der Waals surface area contributed by atoms with Crippen molar-refractivity contribution in [3.8, 4) is 5.75 Å². The summed E-state index contributed by atoms with van der Waals surface area (Å²) in [6, 6.07) is 5.75. The molecule has 1 amide bonds. The van der Waals surface area contributed by atoms with Crippen LogP contribution in [-0.2, 0) is 11.3 Å². The van der Waals surface area contributed by atoms with E-state index in [-0.39, 0.29) is 19.1 Å². The summed E-state index contributed by atoms with van der Waals surface area (Å²) < 4.78 is 5.34. The molecule has 0 bridgehead atoms. The van der Waals surface area contributed by atoms with Gasteiger partial charge in [0, 0.05) is 20.1 Å². The average Bonchev–Trinajstić information content (AvgIpc) is 2.35. The molecular weight excluding hydrogens is 220 g/mol. The van der Waals surface area contributed by atoms with Crippen molar-refractivity contribution in [3.63, 3.8) is 0 Å². The molecule has 1 aliphatic rings. The Hall–Kier alpha value is -1.59. The Bertz CT molecular complexity index is 420. The van der Waals surface area contributed by atoms with E-state index in [0.717, 1.165) is 17.0 Å². The molecular formula is C12H16N2O3. The van der Waals surface area contributed by atoms with Gasteiger partial charge in [-0.05, 0) is 17.7 Å². The minimum atomic E-state index is -0.0435. The number of aliphatic hydroxyl groups excluding tert-OH is 1. The summed E-state index contributed by atoms with van der Waals surface area (Å²) in [5.41, 5.74) is 1.85. The molecule has 0 unspecified atom stereocenters. The fourth-order valence-corrected chi connectivity index (χ4v) is 1.74. The highest BCUT2D eigenvalue weighted by Gasteiger charge is 2.21. The minimum absolute atomic E-state index is 0.0435. The van der Waals surface area contributed by atoms with Crippen LogP contribution in [0.15, 0.2) is 18.2 Å². The van der Waals surface area contributed by atoms with Crippen molar-refractivity contribution >= 4 is 11.6 Å². The van der Waals surface area contributed by atoms with Gasteiger partial charge in [0.15, 0.2) is 6.61 Å². The number of hydrogen-bond acceptors (Lipinski definition) is 4. The predicted octanol–water partition coefficient (Wildman–Crippen LogP) is 0.124. The zero-order valence-corrected chi connectivity index (χ0v) is 9.77. The summed E-state index contributed by atoms with van der Waals surface area (Å²) in [7, 11) is 1.74. The second-order valence-corrected chi connectivity index (χ2v) is 3.94. The first-order valence-corrected chi connectivity index (χ1v) is 5.56. The van der Waals surface area contributed by atoms with Crippen molar-refractivity contribution in [2.75, 3.05) is 31.7 Å². The molecule has 1 heterocycles. The number of rotatable bonds is 4. The van der Waals surface area contributed by atoms with Crippen LogP contribution in [0, 0.1) is 0 Å². The number of aliphatic hydroxyl groups is 1. The van der Waals surface area contributed by atoms with Crippen LogP contribution in [0.4, 0.5) is 5.69 Å². The molecule has 0 saturated heterocycles. The number of nitrogens with one attached hydrogen (secondary N) is 1. The molecule has 0 aliphatic carbocycles. The first-order valence-electron chi connectivity index (χ1n) is 5.56. The Kier molecular flexibility index (Phi) is 3.61. The van der Waals surface area contributed by atoms with Gasteiger partial charge in [-0.1, -0.05) is 6.07 Å². The number of likely N-dealkylation sites (N-methyl/N-ethyl adjacent to an activating group) is 1. The highest BCUT2D eigenvalue weighted by molar-refractivity contribution is 5.97. The van der Waals surface area contributed by atoms with E-state index in [0.29, 0.717) is 13.1 Å². The second kappa shape index (κ2) is 5.16. The number of carbonyl (C=O) groups is 1. The largest absolute Gasteiger partial charge is 0.482 e. The summed E-state index contributed by atoms with van der Waals surface area (Å²) in [5, 5.41) is 11.8. The normalized spacial score (nSPS) is 14.5. The van der Waals surface area contributed by atoms with Gasteiger partial charge in [-0.2, -0.15) is 0 Å². The molecule has 2 rings (SSSR count). The minimum Gasteiger partial charge on any atom is -0.482 e. The number of anilines is 1. The van der Waals surface area contributed by atoms with Crippen molar-refractivity contribution in [3.05, 3.63) is 23.8 Å². The first-order chi connectivity index (χ1) is 8.22. The summed E-state index contributed by atoms with van der Waals surface area (Å²) in [6.07, 6.45) is 0. The number of ether oxygens (including phenoxy) is 1. The van der Waals surface area contributed by atoms with Gasteiger partial charge in [0.2, 0.25) is 0 Å². The Morgan fingerprint density at radius 1 is 1.53 bits per heavy atom. The number of amides is 1. The fraction of sp³-hybridized carbons (Fsp3) is 0.417. The van der Waals surface area contributed by atoms with Crippen molar-refractivity contribution in [2.24, 2.45) is 0 Å². The highest BCUT2D eigenvalue weighted by atomic mass is 16.5. The summed E-state index contributed by atoms with van der Waals surface area (Å²) in [4.78, 5) is 13.1. The number of nitrogens with zero attached hydrogens (tertiary/aromatic N) is 1. The van der Waals surface area contributed by atoms with E-state index in [2.05, 4.69) is 5.32 Å². The number of carbonyl (C=O) groups excluding carboxylic acids is 1. The molecule has 1 aromatic carbocycles. The number of benzene rings is 1. The van der Waals surface area contributed by atoms with Crippen LogP contribution in [0.2, 0.25) is 0 Å². The van der Waals surface area contributed by atoms with Gasteiger partial charge in [0.05, 0.1) is 12.3 Å². The van der Waals surface area contributed by atoms with Crippen molar-refractivity contribution < 1.29 is 14.6 Å². The number of fused-ring (bicyclic) bond motifs is 1. The lowest BCUT2D eigenvalue weighted by molar-refractivity contribution is -0.120. The highest BCUT2D eigenvalue weighted by Crippen LogP contribution is 2.31. The van der Waals surface area contributed by atoms with Gasteiger partial charge in [-0.3, -0.25) is 4.79 Å². The Labute approximate surface area is 100.0 Å². The third-order valence-electron chi connectivity index (χ3n) is 2.73. The quantitative estimate of drug-likeness (QED) is 0.729. The van der Waals surface area contributed by atoms with Gasteiger partial charge < -0.3 is 20.1 Å². The van der Waals surface area contributed by atoms with Crippen LogP contribution in [-0.4, -0.2) is 37.8 Å². The zero-order valence-electron chi connectivity index (χ0n) is 9.77. The molecule has 5 nitrogen and oxygen atoms in total. The summed E-state index contributed by atoms with van der Waals surface area (Å²) in [5.74, 6) is 0.691. The van der Waals surface area contributed by atoms with Crippen molar-refractivity contribution in [1.29, 1.82) is 0 Å². The molecule has 2 N–H and O–H groups in total. The average molecular weight is 236 g/mol. The summed E-state index contributed by atoms with van der Waals surface area (Å²) >= 11 is 0. The standard InChI is InChI=1S/C12H16N2O3/c1-14-10-6-9(7-13-4-5-15)2-3-11(10)17-8-12(14)16/h2-3,6,13,15H,4-5,7-8H2,1H3. The third-order valence-corrected chi connectivity index (χ3v) is 2.73. The lowest BCUT2D eigenvalue weighted by Crippen LogP contribution is -2.35. The molecule has 0 radical (unpaired) electrons. The molecule has 0 saturated carbocycles. The van der Waals surface area contributed by atoms with Gasteiger partial charge in [0.1, 0.15) is 5.75 Å². The van der Waals surface area contributed by atoms with E-state index >= 15 is 0 Å². The van der Waals surface area contributed by atoms with Crippen LogP contribution in [0.25, 0.3) is 0 Å². The van der Waals surface area contributed by atoms with Gasteiger partial charge >= 0.3 is 0 Å². The van der Waals surface area contributed by atoms with Crippen LogP contribution in [0.1, 0.15) is 5.56 Å². The van der Waals surface area contributed by atoms with E-state index in [1.807, 2.05) is 18.2 Å². The molecule has 0 atom stereocenters. The smallest absolute Gasteiger partial charge is 0.264 e. The molecule has 0 fully saturated rings. The fourth-order valence-electron chi connectivity index (χ4n) is 1.74. The summed E-state index contributed by atoms with van der Waals surface area (Å²) in [6.45, 7) is 1.44. The topological polar surface area (TPSA) is 61.8 Å². The van der Waals surface area contributed by atoms with E-state index in [9.17, 15) is 4.79 Å². The molecule has 0 aromatic heterocycles. The maximum Gasteiger partial charge on any atom is 0.264 e. The van der Waals surface area contributed by atoms with Crippen LogP contribution >= 0.6 is 0 Å². The van der Waals surface area contributed by atoms with Crippen LogP contribution < -0.4 is 15.0 Å². The predicted molar refractivity (Wildman–Crippen MR) is 64.1 cm³/mol. The Morgan fingerprint density at radius 2 is 2.35 bits per heavy atom.